The van der Waals surface area contributed by atoms with E-state index in [1.165, 1.54) is 5.69 Å². The van der Waals surface area contributed by atoms with Crippen molar-refractivity contribution in [2.75, 3.05) is 55.8 Å². The fourth-order valence-corrected chi connectivity index (χ4v) is 4.86. The molecule has 38 heavy (non-hydrogen) atoms. The first-order valence-corrected chi connectivity index (χ1v) is 13.2. The predicted octanol–water partition coefficient (Wildman–Crippen LogP) is 5.72. The van der Waals surface area contributed by atoms with Gasteiger partial charge >= 0.3 is 0 Å². The molecule has 4 rings (SSSR count). The lowest BCUT2D eigenvalue weighted by Gasteiger charge is -2.37. The van der Waals surface area contributed by atoms with E-state index < -0.39 is 0 Å². The van der Waals surface area contributed by atoms with Crippen molar-refractivity contribution in [2.45, 2.75) is 13.3 Å². The van der Waals surface area contributed by atoms with Gasteiger partial charge in [0.25, 0.3) is 0 Å². The normalized spacial score (nSPS) is 14.1. The van der Waals surface area contributed by atoms with Crippen molar-refractivity contribution in [1.82, 2.24) is 10.2 Å². The average molecular weight is 530 g/mol. The summed E-state index contributed by atoms with van der Waals surface area (Å²) in [5, 5.41) is 3.46. The first-order valence-electron chi connectivity index (χ1n) is 12.8. The Hall–Kier alpha value is -3.90. The molecule has 3 aromatic rings. The van der Waals surface area contributed by atoms with Crippen LogP contribution in [0.15, 0.2) is 85.1 Å². The Labute approximate surface area is 231 Å². The van der Waals surface area contributed by atoms with Gasteiger partial charge in [-0.1, -0.05) is 42.4 Å². The van der Waals surface area contributed by atoms with E-state index in [1.54, 1.807) is 7.05 Å². The maximum atomic E-state index is 12.7. The van der Waals surface area contributed by atoms with Gasteiger partial charge in [-0.15, -0.1) is 0 Å². The Bertz CT molecular complexity index is 1310. The molecule has 0 radical (unpaired) electrons. The number of nitrogens with one attached hydrogen (secondary N) is 1. The van der Waals surface area contributed by atoms with Gasteiger partial charge in [0.15, 0.2) is 0 Å². The summed E-state index contributed by atoms with van der Waals surface area (Å²) < 4.78 is 0. The molecular formula is C31H36ClN5O. The average Bonchev–Trinajstić information content (AvgIpc) is 2.94. The zero-order valence-corrected chi connectivity index (χ0v) is 23.1. The Morgan fingerprint density at radius 3 is 2.13 bits per heavy atom. The van der Waals surface area contributed by atoms with Crippen LogP contribution >= 0.6 is 11.6 Å². The Morgan fingerprint density at radius 2 is 1.55 bits per heavy atom. The number of nitrogen functional groups attached to an aromatic ring is 1. The van der Waals surface area contributed by atoms with E-state index in [-0.39, 0.29) is 12.3 Å². The molecule has 0 atom stereocenters. The molecule has 0 saturated carbocycles. The predicted molar refractivity (Wildman–Crippen MR) is 161 cm³/mol. The number of nitrogens with two attached hydrogens (primary N) is 1. The number of carbonyl (C=O) groups is 1. The van der Waals surface area contributed by atoms with Crippen LogP contribution in [0.5, 0.6) is 0 Å². The SMILES string of the molecule is C=C(C)N(C)/C(=C(\CC(=O)NC)c1cccc(N2CCN(c3ccc(N)cc3)CC2)c1)c1ccc(Cl)cc1. The maximum Gasteiger partial charge on any atom is 0.224 e. The fourth-order valence-electron chi connectivity index (χ4n) is 4.74. The standard InChI is InChI=1S/C31H36ClN5O/c1-22(2)35(4)31(23-8-10-25(32)11-9-23)29(21-30(38)34-3)24-6-5-7-28(20-24)37-18-16-36(17-19-37)27-14-12-26(33)13-15-27/h5-15,20H,1,16-19,21,33H2,2-4H3,(H,34,38)/b31-29+. The number of hydrogen-bond donors (Lipinski definition) is 2. The van der Waals surface area contributed by atoms with Crippen molar-refractivity contribution in [3.8, 4) is 0 Å². The summed E-state index contributed by atoms with van der Waals surface area (Å²) in [6, 6.07) is 24.3. The lowest BCUT2D eigenvalue weighted by Crippen LogP contribution is -2.46. The molecule has 0 aliphatic carbocycles. The number of amides is 1. The second-order valence-electron chi connectivity index (χ2n) is 9.59. The molecule has 1 aliphatic rings. The van der Waals surface area contributed by atoms with Crippen molar-refractivity contribution in [1.29, 1.82) is 0 Å². The molecule has 1 amide bonds. The van der Waals surface area contributed by atoms with E-state index in [0.29, 0.717) is 5.02 Å². The number of benzene rings is 3. The van der Waals surface area contributed by atoms with Crippen molar-refractivity contribution in [3.63, 3.8) is 0 Å². The highest BCUT2D eigenvalue weighted by Crippen LogP contribution is 2.35. The number of halogens is 1. The minimum absolute atomic E-state index is 0.0518. The topological polar surface area (TPSA) is 64.8 Å². The molecule has 7 heteroatoms. The molecule has 1 saturated heterocycles. The molecule has 3 aromatic carbocycles. The summed E-state index contributed by atoms with van der Waals surface area (Å²) in [6.45, 7) is 9.77. The summed E-state index contributed by atoms with van der Waals surface area (Å²) in [5.74, 6) is -0.0518. The smallest absolute Gasteiger partial charge is 0.224 e. The van der Waals surface area contributed by atoms with Crippen LogP contribution in [0.25, 0.3) is 11.3 Å². The molecule has 0 unspecified atom stereocenters. The van der Waals surface area contributed by atoms with Gasteiger partial charge in [-0.05, 0) is 72.2 Å². The highest BCUT2D eigenvalue weighted by molar-refractivity contribution is 6.30. The molecule has 1 heterocycles. The maximum absolute atomic E-state index is 12.7. The minimum Gasteiger partial charge on any atom is -0.399 e. The zero-order chi connectivity index (χ0) is 27.2. The lowest BCUT2D eigenvalue weighted by atomic mass is 9.94. The van der Waals surface area contributed by atoms with E-state index in [2.05, 4.69) is 58.1 Å². The third-order valence-corrected chi connectivity index (χ3v) is 7.28. The van der Waals surface area contributed by atoms with Gasteiger partial charge in [0, 0.05) is 68.1 Å². The first-order chi connectivity index (χ1) is 18.3. The summed E-state index contributed by atoms with van der Waals surface area (Å²) in [4.78, 5) is 19.6. The van der Waals surface area contributed by atoms with Crippen molar-refractivity contribution < 1.29 is 4.79 Å². The largest absolute Gasteiger partial charge is 0.399 e. The van der Waals surface area contributed by atoms with Crippen LogP contribution in [-0.2, 0) is 4.79 Å². The van der Waals surface area contributed by atoms with E-state index >= 15 is 0 Å². The lowest BCUT2D eigenvalue weighted by molar-refractivity contribution is -0.119. The van der Waals surface area contributed by atoms with Crippen molar-refractivity contribution >= 4 is 45.8 Å². The van der Waals surface area contributed by atoms with Crippen LogP contribution in [-0.4, -0.2) is 51.1 Å². The second-order valence-corrected chi connectivity index (χ2v) is 10.0. The van der Waals surface area contributed by atoms with E-state index in [0.717, 1.165) is 65.6 Å². The van der Waals surface area contributed by atoms with E-state index in [4.69, 9.17) is 17.3 Å². The molecule has 0 aromatic heterocycles. The van der Waals surface area contributed by atoms with Gasteiger partial charge in [0.05, 0.1) is 12.1 Å². The fraction of sp³-hybridized carbons (Fsp3) is 0.258. The number of hydrogen-bond acceptors (Lipinski definition) is 5. The molecule has 6 nitrogen and oxygen atoms in total. The van der Waals surface area contributed by atoms with E-state index in [9.17, 15) is 4.79 Å². The van der Waals surface area contributed by atoms with Crippen LogP contribution in [0, 0.1) is 0 Å². The molecule has 1 aliphatic heterocycles. The Morgan fingerprint density at radius 1 is 0.947 bits per heavy atom. The number of carbonyl (C=O) groups excluding carboxylic acids is 1. The third-order valence-electron chi connectivity index (χ3n) is 7.03. The van der Waals surface area contributed by atoms with Gasteiger partial charge in [-0.3, -0.25) is 4.79 Å². The Balaban J connectivity index is 1.69. The number of nitrogens with zero attached hydrogens (tertiary/aromatic N) is 3. The first kappa shape index (κ1) is 27.1. The number of anilines is 3. The van der Waals surface area contributed by atoms with E-state index in [1.807, 2.05) is 55.3 Å². The van der Waals surface area contributed by atoms with Crippen LogP contribution in [0.1, 0.15) is 24.5 Å². The molecular weight excluding hydrogens is 494 g/mol. The van der Waals surface area contributed by atoms with Crippen LogP contribution in [0.2, 0.25) is 5.02 Å². The summed E-state index contributed by atoms with van der Waals surface area (Å²) in [5.41, 5.74) is 13.7. The molecule has 3 N–H and O–H groups in total. The monoisotopic (exact) mass is 529 g/mol. The summed E-state index contributed by atoms with van der Waals surface area (Å²) in [6.07, 6.45) is 0.237. The number of allylic oxidation sites excluding steroid dienone is 1. The second kappa shape index (κ2) is 12.1. The molecule has 0 spiro atoms. The molecule has 198 valence electrons. The van der Waals surface area contributed by atoms with Gasteiger partial charge in [0.2, 0.25) is 5.91 Å². The summed E-state index contributed by atoms with van der Waals surface area (Å²) >= 11 is 6.20. The molecule has 0 bridgehead atoms. The zero-order valence-electron chi connectivity index (χ0n) is 22.4. The highest BCUT2D eigenvalue weighted by atomic mass is 35.5. The van der Waals surface area contributed by atoms with Crippen LogP contribution in [0.3, 0.4) is 0 Å². The quantitative estimate of drug-likeness (QED) is 0.289. The van der Waals surface area contributed by atoms with Gasteiger partial charge in [0.1, 0.15) is 0 Å². The van der Waals surface area contributed by atoms with Crippen LogP contribution < -0.4 is 20.9 Å². The highest BCUT2D eigenvalue weighted by Gasteiger charge is 2.22. The summed E-state index contributed by atoms with van der Waals surface area (Å²) in [7, 11) is 3.65. The molecule has 1 fully saturated rings. The van der Waals surface area contributed by atoms with Gasteiger partial charge in [-0.25, -0.2) is 0 Å². The third kappa shape index (κ3) is 6.32. The van der Waals surface area contributed by atoms with Gasteiger partial charge in [-0.2, -0.15) is 0 Å². The number of piperazine rings is 1. The van der Waals surface area contributed by atoms with Crippen molar-refractivity contribution in [2.24, 2.45) is 0 Å². The number of rotatable bonds is 8. The van der Waals surface area contributed by atoms with Gasteiger partial charge < -0.3 is 25.8 Å². The Kier molecular flexibility index (Phi) is 8.64. The van der Waals surface area contributed by atoms with Crippen LogP contribution in [0.4, 0.5) is 17.1 Å². The van der Waals surface area contributed by atoms with Crippen molar-refractivity contribution in [3.05, 3.63) is 101 Å². The minimum atomic E-state index is -0.0518.